The smallest absolute Gasteiger partial charge is 0.242 e. The number of benzene rings is 2. The first-order chi connectivity index (χ1) is 14.3. The molecule has 0 aromatic heterocycles. The molecule has 0 spiro atoms. The molecule has 4 nitrogen and oxygen atoms in total. The van der Waals surface area contributed by atoms with Crippen molar-refractivity contribution < 1.29 is 9.59 Å². The Morgan fingerprint density at radius 2 is 1.83 bits per heavy atom. The van der Waals surface area contributed by atoms with Gasteiger partial charge in [-0.1, -0.05) is 66.2 Å². The predicted molar refractivity (Wildman–Crippen MR) is 129 cm³/mol. The number of carbonyl (C=O) groups is 2. The first-order valence-electron chi connectivity index (χ1n) is 10.2. The molecule has 162 valence electrons. The maximum Gasteiger partial charge on any atom is 0.242 e. The quantitative estimate of drug-likeness (QED) is 0.498. The molecule has 2 rings (SSSR count). The van der Waals surface area contributed by atoms with E-state index < -0.39 is 6.04 Å². The maximum absolute atomic E-state index is 13.1. The zero-order chi connectivity index (χ0) is 22.1. The highest BCUT2D eigenvalue weighted by Crippen LogP contribution is 2.19. The van der Waals surface area contributed by atoms with E-state index in [2.05, 4.69) is 54.2 Å². The fourth-order valence-electron chi connectivity index (χ4n) is 2.97. The third-order valence-electron chi connectivity index (χ3n) is 4.84. The van der Waals surface area contributed by atoms with E-state index in [9.17, 15) is 9.59 Å². The van der Waals surface area contributed by atoms with E-state index in [0.717, 1.165) is 15.8 Å². The first kappa shape index (κ1) is 24.5. The summed E-state index contributed by atoms with van der Waals surface area (Å²) in [4.78, 5) is 27.5. The van der Waals surface area contributed by atoms with Gasteiger partial charge in [-0.15, -0.1) is 11.8 Å². The summed E-state index contributed by atoms with van der Waals surface area (Å²) < 4.78 is 0.957. The van der Waals surface area contributed by atoms with Crippen LogP contribution in [0.3, 0.4) is 0 Å². The Labute approximate surface area is 192 Å². The van der Waals surface area contributed by atoms with Crippen LogP contribution < -0.4 is 5.32 Å². The van der Waals surface area contributed by atoms with E-state index in [-0.39, 0.29) is 11.8 Å². The van der Waals surface area contributed by atoms with E-state index in [1.165, 1.54) is 11.1 Å². The highest BCUT2D eigenvalue weighted by molar-refractivity contribution is 9.10. The molecular formula is C24H31BrN2O2S. The number of amides is 2. The minimum absolute atomic E-state index is 0.0271. The van der Waals surface area contributed by atoms with Gasteiger partial charge in [-0.05, 0) is 48.6 Å². The largest absolute Gasteiger partial charge is 0.354 e. The number of aryl methyl sites for hydroxylation is 1. The third kappa shape index (κ3) is 7.80. The number of carbonyl (C=O) groups excluding carboxylic acids is 2. The molecule has 2 aromatic rings. The lowest BCUT2D eigenvalue weighted by Gasteiger charge is -2.29. The van der Waals surface area contributed by atoms with Crippen molar-refractivity contribution in [1.29, 1.82) is 0 Å². The second-order valence-electron chi connectivity index (χ2n) is 7.89. The van der Waals surface area contributed by atoms with E-state index in [1.807, 2.05) is 36.4 Å². The van der Waals surface area contributed by atoms with Gasteiger partial charge >= 0.3 is 0 Å². The molecule has 2 amide bonds. The summed E-state index contributed by atoms with van der Waals surface area (Å²) in [6.07, 6.45) is 0. The Morgan fingerprint density at radius 3 is 2.50 bits per heavy atom. The van der Waals surface area contributed by atoms with Crippen molar-refractivity contribution in [2.24, 2.45) is 5.92 Å². The highest BCUT2D eigenvalue weighted by atomic mass is 79.9. The normalized spacial score (nSPS) is 11.9. The molecule has 0 aliphatic rings. The number of rotatable bonds is 10. The summed E-state index contributed by atoms with van der Waals surface area (Å²) in [6, 6.07) is 15.5. The van der Waals surface area contributed by atoms with Crippen molar-refractivity contribution in [3.63, 3.8) is 0 Å². The Kier molecular flexibility index (Phi) is 9.92. The van der Waals surface area contributed by atoms with Crippen LogP contribution in [-0.4, -0.2) is 35.1 Å². The number of thioether (sulfide) groups is 1. The number of halogens is 1. The van der Waals surface area contributed by atoms with Crippen LogP contribution in [0.25, 0.3) is 0 Å². The minimum atomic E-state index is -0.533. The Balaban J connectivity index is 2.07. The Hall–Kier alpha value is -1.79. The lowest BCUT2D eigenvalue weighted by atomic mass is 10.1. The van der Waals surface area contributed by atoms with Crippen molar-refractivity contribution >= 4 is 39.5 Å². The zero-order valence-electron chi connectivity index (χ0n) is 18.2. The molecule has 0 bridgehead atoms. The molecule has 0 fully saturated rings. The molecule has 0 aliphatic carbocycles. The summed E-state index contributed by atoms with van der Waals surface area (Å²) in [5.74, 6) is 1.33. The minimum Gasteiger partial charge on any atom is -0.354 e. The number of nitrogens with one attached hydrogen (secondary N) is 1. The topological polar surface area (TPSA) is 49.4 Å². The Morgan fingerprint density at radius 1 is 1.10 bits per heavy atom. The fourth-order valence-corrected chi connectivity index (χ4v) is 4.40. The second-order valence-corrected chi connectivity index (χ2v) is 9.79. The van der Waals surface area contributed by atoms with Crippen LogP contribution in [0.1, 0.15) is 37.5 Å². The summed E-state index contributed by atoms with van der Waals surface area (Å²) in [6.45, 7) is 8.99. The van der Waals surface area contributed by atoms with Crippen molar-refractivity contribution in [2.45, 2.75) is 46.0 Å². The van der Waals surface area contributed by atoms with Crippen molar-refractivity contribution in [3.05, 3.63) is 69.7 Å². The maximum atomic E-state index is 13.1. The van der Waals surface area contributed by atoms with Gasteiger partial charge in [0.15, 0.2) is 0 Å². The average molecular weight is 491 g/mol. The molecule has 0 saturated carbocycles. The van der Waals surface area contributed by atoms with Gasteiger partial charge in [-0.2, -0.15) is 0 Å². The molecular weight excluding hydrogens is 460 g/mol. The van der Waals surface area contributed by atoms with E-state index >= 15 is 0 Å². The first-order valence-corrected chi connectivity index (χ1v) is 12.2. The number of hydrogen-bond acceptors (Lipinski definition) is 3. The number of nitrogens with zero attached hydrogens (tertiary/aromatic N) is 1. The molecule has 1 unspecified atom stereocenters. The van der Waals surface area contributed by atoms with Crippen LogP contribution in [0.2, 0.25) is 0 Å². The van der Waals surface area contributed by atoms with E-state index in [0.29, 0.717) is 24.8 Å². The standard InChI is InChI=1S/C24H31BrN2O2S/c1-17(2)13-26-24(29)19(4)27(14-20-9-7-11-22(25)12-20)23(28)16-30-15-21-10-6-5-8-18(21)3/h5-12,17,19H,13-16H2,1-4H3,(H,26,29). The second kappa shape index (κ2) is 12.2. The predicted octanol–water partition coefficient (Wildman–Crippen LogP) is 5.18. The molecule has 0 radical (unpaired) electrons. The van der Waals surface area contributed by atoms with Gasteiger partial charge in [0.2, 0.25) is 11.8 Å². The van der Waals surface area contributed by atoms with Gasteiger partial charge in [0.05, 0.1) is 5.75 Å². The highest BCUT2D eigenvalue weighted by Gasteiger charge is 2.26. The molecule has 0 aliphatic heterocycles. The van der Waals surface area contributed by atoms with E-state index in [1.54, 1.807) is 23.6 Å². The van der Waals surface area contributed by atoms with Crippen LogP contribution in [0.5, 0.6) is 0 Å². The SMILES string of the molecule is Cc1ccccc1CSCC(=O)N(Cc1cccc(Br)c1)C(C)C(=O)NCC(C)C. The van der Waals surface area contributed by atoms with Gasteiger partial charge in [0.25, 0.3) is 0 Å². The lowest BCUT2D eigenvalue weighted by molar-refractivity contribution is -0.138. The lowest BCUT2D eigenvalue weighted by Crippen LogP contribution is -2.48. The molecule has 0 saturated heterocycles. The molecule has 2 aromatic carbocycles. The van der Waals surface area contributed by atoms with Gasteiger partial charge in [-0.25, -0.2) is 0 Å². The van der Waals surface area contributed by atoms with Gasteiger partial charge in [0.1, 0.15) is 6.04 Å². The van der Waals surface area contributed by atoms with Crippen molar-refractivity contribution in [3.8, 4) is 0 Å². The summed E-state index contributed by atoms with van der Waals surface area (Å²) in [7, 11) is 0. The van der Waals surface area contributed by atoms with Crippen molar-refractivity contribution in [2.75, 3.05) is 12.3 Å². The molecule has 6 heteroatoms. The average Bonchev–Trinajstić information content (AvgIpc) is 2.71. The molecule has 1 N–H and O–H groups in total. The van der Waals surface area contributed by atoms with Crippen LogP contribution >= 0.6 is 27.7 Å². The van der Waals surface area contributed by atoms with Gasteiger partial charge in [-0.3, -0.25) is 9.59 Å². The van der Waals surface area contributed by atoms with Crippen LogP contribution in [0.4, 0.5) is 0 Å². The monoisotopic (exact) mass is 490 g/mol. The molecule has 0 heterocycles. The Bertz CT molecular complexity index is 857. The summed E-state index contributed by atoms with van der Waals surface area (Å²) >= 11 is 5.07. The fraction of sp³-hybridized carbons (Fsp3) is 0.417. The number of hydrogen-bond donors (Lipinski definition) is 1. The van der Waals surface area contributed by atoms with Crippen LogP contribution in [-0.2, 0) is 21.9 Å². The van der Waals surface area contributed by atoms with Gasteiger partial charge < -0.3 is 10.2 Å². The van der Waals surface area contributed by atoms with Crippen LogP contribution in [0.15, 0.2) is 53.0 Å². The van der Waals surface area contributed by atoms with Crippen LogP contribution in [0, 0.1) is 12.8 Å². The zero-order valence-corrected chi connectivity index (χ0v) is 20.6. The van der Waals surface area contributed by atoms with E-state index in [4.69, 9.17) is 0 Å². The molecule has 30 heavy (non-hydrogen) atoms. The van der Waals surface area contributed by atoms with Crippen molar-refractivity contribution in [1.82, 2.24) is 10.2 Å². The molecule has 1 atom stereocenters. The van der Waals surface area contributed by atoms with Gasteiger partial charge in [0, 0.05) is 23.3 Å². The third-order valence-corrected chi connectivity index (χ3v) is 6.30. The summed E-state index contributed by atoms with van der Waals surface area (Å²) in [5, 5.41) is 2.95. The summed E-state index contributed by atoms with van der Waals surface area (Å²) in [5.41, 5.74) is 3.45.